The topological polar surface area (TPSA) is 55.1 Å². The van der Waals surface area contributed by atoms with Gasteiger partial charge in [-0.1, -0.05) is 39.8 Å². The maximum absolute atomic E-state index is 11.6. The van der Waals surface area contributed by atoms with E-state index >= 15 is 0 Å². The van der Waals surface area contributed by atoms with Crippen LogP contribution in [0.3, 0.4) is 0 Å². The number of amides is 1. The summed E-state index contributed by atoms with van der Waals surface area (Å²) >= 11 is 0. The van der Waals surface area contributed by atoms with Crippen molar-refractivity contribution in [3.8, 4) is 0 Å². The third kappa shape index (κ3) is 5.88. The van der Waals surface area contributed by atoms with E-state index in [2.05, 4.69) is 19.2 Å². The molecule has 0 fully saturated rings. The van der Waals surface area contributed by atoms with E-state index in [1.165, 1.54) is 5.56 Å². The molecular weight excluding hydrogens is 236 g/mol. The lowest BCUT2D eigenvalue weighted by Crippen LogP contribution is -2.28. The summed E-state index contributed by atoms with van der Waals surface area (Å²) in [5, 5.41) is 2.91. The van der Waals surface area contributed by atoms with Gasteiger partial charge in [-0.15, -0.1) is 0 Å². The van der Waals surface area contributed by atoms with Crippen molar-refractivity contribution in [3.05, 3.63) is 29.8 Å². The molecule has 1 aromatic carbocycles. The Morgan fingerprint density at radius 1 is 1.16 bits per heavy atom. The Balaban J connectivity index is 2.54. The summed E-state index contributed by atoms with van der Waals surface area (Å²) in [4.78, 5) is 11.6. The second-order valence-electron chi connectivity index (χ2n) is 5.96. The maximum atomic E-state index is 11.6. The monoisotopic (exact) mass is 262 g/mol. The minimum Gasteiger partial charge on any atom is -0.327 e. The fourth-order valence-corrected chi connectivity index (χ4v) is 1.81. The predicted octanol–water partition coefficient (Wildman–Crippen LogP) is 3.20. The van der Waals surface area contributed by atoms with Gasteiger partial charge in [0.25, 0.3) is 0 Å². The third-order valence-electron chi connectivity index (χ3n) is 3.16. The lowest BCUT2D eigenvalue weighted by molar-refractivity contribution is -0.116. The van der Waals surface area contributed by atoms with Gasteiger partial charge in [0.2, 0.25) is 5.91 Å². The van der Waals surface area contributed by atoms with Crippen LogP contribution in [0.15, 0.2) is 24.3 Å². The molecule has 106 valence electrons. The molecule has 0 aliphatic carbocycles. The van der Waals surface area contributed by atoms with Gasteiger partial charge in [-0.05, 0) is 36.0 Å². The van der Waals surface area contributed by atoms with Crippen LogP contribution in [0.2, 0.25) is 0 Å². The van der Waals surface area contributed by atoms with Gasteiger partial charge in [0.1, 0.15) is 0 Å². The summed E-state index contributed by atoms with van der Waals surface area (Å²) in [6, 6.07) is 8.14. The summed E-state index contributed by atoms with van der Waals surface area (Å²) < 4.78 is 0. The smallest absolute Gasteiger partial charge is 0.224 e. The molecule has 3 heteroatoms. The van der Waals surface area contributed by atoms with E-state index < -0.39 is 0 Å². The Hall–Kier alpha value is -1.35. The molecule has 1 atom stereocenters. The molecule has 1 aromatic rings. The number of benzene rings is 1. The summed E-state index contributed by atoms with van der Waals surface area (Å²) in [6.45, 7) is 8.34. The number of nitrogens with one attached hydrogen (secondary N) is 1. The minimum absolute atomic E-state index is 0.0710. The highest BCUT2D eigenvalue weighted by molar-refractivity contribution is 5.90. The second kappa shape index (κ2) is 7.29. The molecule has 1 rings (SSSR count). The lowest BCUT2D eigenvalue weighted by Gasteiger charge is -2.15. The molecule has 0 aliphatic heterocycles. The number of rotatable bonds is 6. The molecule has 19 heavy (non-hydrogen) atoms. The quantitative estimate of drug-likeness (QED) is 0.827. The van der Waals surface area contributed by atoms with Gasteiger partial charge >= 0.3 is 0 Å². The van der Waals surface area contributed by atoms with E-state index in [0.717, 1.165) is 12.1 Å². The zero-order chi connectivity index (χ0) is 14.4. The fourth-order valence-electron chi connectivity index (χ4n) is 1.81. The summed E-state index contributed by atoms with van der Waals surface area (Å²) in [5.41, 5.74) is 8.12. The highest BCUT2D eigenvalue weighted by atomic mass is 16.1. The van der Waals surface area contributed by atoms with Crippen LogP contribution < -0.4 is 11.1 Å². The van der Waals surface area contributed by atoms with Crippen molar-refractivity contribution >= 4 is 11.6 Å². The molecule has 0 saturated heterocycles. The Morgan fingerprint density at radius 2 is 1.74 bits per heavy atom. The lowest BCUT2D eigenvalue weighted by atomic mass is 9.97. The third-order valence-corrected chi connectivity index (χ3v) is 3.16. The summed E-state index contributed by atoms with van der Waals surface area (Å²) in [6.07, 6.45) is 1.43. The zero-order valence-corrected chi connectivity index (χ0v) is 12.4. The SMILES string of the molecule is CC(C)CC(=O)Nc1ccc(CC(N)C(C)C)cc1. The van der Waals surface area contributed by atoms with Crippen molar-refractivity contribution in [1.82, 2.24) is 0 Å². The zero-order valence-electron chi connectivity index (χ0n) is 12.4. The molecule has 3 N–H and O–H groups in total. The molecule has 0 spiro atoms. The van der Waals surface area contributed by atoms with E-state index in [1.54, 1.807) is 0 Å². The number of carbonyl (C=O) groups is 1. The van der Waals surface area contributed by atoms with Crippen LogP contribution >= 0.6 is 0 Å². The highest BCUT2D eigenvalue weighted by Gasteiger charge is 2.09. The van der Waals surface area contributed by atoms with E-state index in [1.807, 2.05) is 38.1 Å². The molecule has 1 unspecified atom stereocenters. The molecule has 0 heterocycles. The first-order valence-electron chi connectivity index (χ1n) is 7.03. The van der Waals surface area contributed by atoms with E-state index in [0.29, 0.717) is 18.3 Å². The van der Waals surface area contributed by atoms with Crippen molar-refractivity contribution in [2.45, 2.75) is 46.6 Å². The van der Waals surface area contributed by atoms with Crippen LogP contribution in [0.5, 0.6) is 0 Å². The van der Waals surface area contributed by atoms with Crippen molar-refractivity contribution in [2.24, 2.45) is 17.6 Å². The molecule has 0 aromatic heterocycles. The number of hydrogen-bond donors (Lipinski definition) is 2. The van der Waals surface area contributed by atoms with Gasteiger partial charge in [-0.2, -0.15) is 0 Å². The molecule has 0 saturated carbocycles. The van der Waals surface area contributed by atoms with Gasteiger partial charge in [-0.3, -0.25) is 4.79 Å². The Labute approximate surface area is 116 Å². The molecule has 0 radical (unpaired) electrons. The first-order chi connectivity index (χ1) is 8.88. The van der Waals surface area contributed by atoms with Crippen LogP contribution in [0.25, 0.3) is 0 Å². The summed E-state index contributed by atoms with van der Waals surface area (Å²) in [7, 11) is 0. The Bertz CT molecular complexity index is 396. The maximum Gasteiger partial charge on any atom is 0.224 e. The molecule has 0 aliphatic rings. The molecular formula is C16H26N2O. The summed E-state index contributed by atoms with van der Waals surface area (Å²) in [5.74, 6) is 0.926. The second-order valence-corrected chi connectivity index (χ2v) is 5.96. The van der Waals surface area contributed by atoms with Gasteiger partial charge in [0, 0.05) is 18.2 Å². The molecule has 1 amide bonds. The average molecular weight is 262 g/mol. The number of hydrogen-bond acceptors (Lipinski definition) is 2. The predicted molar refractivity (Wildman–Crippen MR) is 81.0 cm³/mol. The van der Waals surface area contributed by atoms with Crippen LogP contribution in [-0.2, 0) is 11.2 Å². The van der Waals surface area contributed by atoms with Crippen LogP contribution in [-0.4, -0.2) is 11.9 Å². The van der Waals surface area contributed by atoms with Gasteiger partial charge in [0.15, 0.2) is 0 Å². The number of anilines is 1. The van der Waals surface area contributed by atoms with Crippen LogP contribution in [0, 0.1) is 11.8 Å². The van der Waals surface area contributed by atoms with Gasteiger partial charge in [-0.25, -0.2) is 0 Å². The highest BCUT2D eigenvalue weighted by Crippen LogP contribution is 2.14. The Kier molecular flexibility index (Phi) is 6.03. The van der Waals surface area contributed by atoms with Gasteiger partial charge in [0.05, 0.1) is 0 Å². The van der Waals surface area contributed by atoms with Crippen molar-refractivity contribution < 1.29 is 4.79 Å². The number of carbonyl (C=O) groups excluding carboxylic acids is 1. The Morgan fingerprint density at radius 3 is 2.21 bits per heavy atom. The van der Waals surface area contributed by atoms with Crippen LogP contribution in [0.4, 0.5) is 5.69 Å². The van der Waals surface area contributed by atoms with Crippen molar-refractivity contribution in [1.29, 1.82) is 0 Å². The van der Waals surface area contributed by atoms with Crippen molar-refractivity contribution in [3.63, 3.8) is 0 Å². The standard InChI is InChI=1S/C16H26N2O/c1-11(2)9-16(19)18-14-7-5-13(6-8-14)10-15(17)12(3)4/h5-8,11-12,15H,9-10,17H2,1-4H3,(H,18,19). The number of nitrogens with two attached hydrogens (primary N) is 1. The largest absolute Gasteiger partial charge is 0.327 e. The molecule has 0 bridgehead atoms. The van der Waals surface area contributed by atoms with Gasteiger partial charge < -0.3 is 11.1 Å². The van der Waals surface area contributed by atoms with E-state index in [4.69, 9.17) is 5.73 Å². The minimum atomic E-state index is 0.0710. The van der Waals surface area contributed by atoms with Crippen molar-refractivity contribution in [2.75, 3.05) is 5.32 Å². The van der Waals surface area contributed by atoms with Crippen LogP contribution in [0.1, 0.15) is 39.7 Å². The molecule has 3 nitrogen and oxygen atoms in total. The fraction of sp³-hybridized carbons (Fsp3) is 0.562. The van der Waals surface area contributed by atoms with E-state index in [-0.39, 0.29) is 11.9 Å². The first kappa shape index (κ1) is 15.7. The first-order valence-corrected chi connectivity index (χ1v) is 7.03. The van der Waals surface area contributed by atoms with E-state index in [9.17, 15) is 4.79 Å². The average Bonchev–Trinajstić information content (AvgIpc) is 2.30. The normalized spacial score (nSPS) is 12.8.